The molecule has 0 spiro atoms. The van der Waals surface area contributed by atoms with Gasteiger partial charge in [0.25, 0.3) is 0 Å². The van der Waals surface area contributed by atoms with Gasteiger partial charge in [0.15, 0.2) is 6.04 Å². The quantitative estimate of drug-likeness (QED) is 0.501. The first-order chi connectivity index (χ1) is 11.0. The maximum absolute atomic E-state index is 12.4. The summed E-state index contributed by atoms with van der Waals surface area (Å²) < 4.78 is 10.4. The van der Waals surface area contributed by atoms with Crippen LogP contribution in [0.4, 0.5) is 0 Å². The molecule has 2 N–H and O–H groups in total. The molecule has 0 aliphatic carbocycles. The van der Waals surface area contributed by atoms with Crippen molar-refractivity contribution >= 4 is 23.6 Å². The van der Waals surface area contributed by atoms with Gasteiger partial charge in [-0.05, 0) is 23.3 Å². The highest BCUT2D eigenvalue weighted by Gasteiger charge is 2.54. The van der Waals surface area contributed by atoms with Crippen molar-refractivity contribution in [3.05, 3.63) is 42.0 Å². The topological polar surface area (TPSA) is 81.9 Å². The second kappa shape index (κ2) is 6.25. The highest BCUT2D eigenvalue weighted by Crippen LogP contribution is 2.39. The number of carbonyl (C=O) groups excluding carboxylic acids is 2. The van der Waals surface area contributed by atoms with Gasteiger partial charge in [-0.25, -0.2) is 4.79 Å². The van der Waals surface area contributed by atoms with E-state index in [0.717, 1.165) is 11.3 Å². The zero-order chi connectivity index (χ0) is 16.6. The molecule has 0 aromatic heterocycles. The number of hydrogen-bond donors (Lipinski definition) is 1. The summed E-state index contributed by atoms with van der Waals surface area (Å²) in [5.74, 6) is 0.650. The zero-order valence-corrected chi connectivity index (χ0v) is 13.5. The molecule has 2 aliphatic rings. The standard InChI is InChI=1S/C16H18N2O4S/c1-9-8-23-15-12(17)14(19)18(15)13(9)16(20)22-7-10-3-5-11(21-2)6-4-10/h3-6,12-13,15H,1,7-8,17H2,2H3/t12-,13?,15-/m1/s1. The molecular weight excluding hydrogens is 316 g/mol. The van der Waals surface area contributed by atoms with Crippen molar-refractivity contribution in [1.29, 1.82) is 0 Å². The van der Waals surface area contributed by atoms with Crippen molar-refractivity contribution in [2.45, 2.75) is 24.1 Å². The molecule has 2 aliphatic heterocycles. The van der Waals surface area contributed by atoms with Crippen LogP contribution in [0, 0.1) is 0 Å². The van der Waals surface area contributed by atoms with Gasteiger partial charge in [-0.3, -0.25) is 4.79 Å². The Morgan fingerprint density at radius 2 is 2.13 bits per heavy atom. The third-order valence-corrected chi connectivity index (χ3v) is 5.39. The Labute approximate surface area is 138 Å². The van der Waals surface area contributed by atoms with Gasteiger partial charge in [0.05, 0.1) is 7.11 Å². The van der Waals surface area contributed by atoms with E-state index in [1.54, 1.807) is 19.2 Å². The van der Waals surface area contributed by atoms with Crippen molar-refractivity contribution in [2.75, 3.05) is 12.9 Å². The molecule has 1 amide bonds. The molecule has 0 saturated carbocycles. The van der Waals surface area contributed by atoms with Crippen LogP contribution in [0.25, 0.3) is 0 Å². The molecule has 23 heavy (non-hydrogen) atoms. The SMILES string of the molecule is C=C1CS[C@@H]2[C@H](N)C(=O)N2C1C(=O)OCc1ccc(OC)cc1. The minimum Gasteiger partial charge on any atom is -0.497 e. The Morgan fingerprint density at radius 3 is 2.78 bits per heavy atom. The number of hydrogen-bond acceptors (Lipinski definition) is 6. The fraction of sp³-hybridized carbons (Fsp3) is 0.375. The van der Waals surface area contributed by atoms with Crippen LogP contribution in [0.15, 0.2) is 36.4 Å². The molecular formula is C16H18N2O4S. The van der Waals surface area contributed by atoms with Gasteiger partial charge in [0.2, 0.25) is 5.91 Å². The number of rotatable bonds is 4. The molecule has 122 valence electrons. The summed E-state index contributed by atoms with van der Waals surface area (Å²) in [5, 5.41) is -0.161. The molecule has 2 saturated heterocycles. The molecule has 3 atom stereocenters. The summed E-state index contributed by atoms with van der Waals surface area (Å²) in [6.07, 6.45) is 0. The number of nitrogens with zero attached hydrogens (tertiary/aromatic N) is 1. The first-order valence-electron chi connectivity index (χ1n) is 7.19. The van der Waals surface area contributed by atoms with Crippen LogP contribution in [-0.2, 0) is 20.9 Å². The number of ether oxygens (including phenoxy) is 2. The maximum Gasteiger partial charge on any atom is 0.333 e. The summed E-state index contributed by atoms with van der Waals surface area (Å²) >= 11 is 1.53. The molecule has 3 rings (SSSR count). The normalized spacial score (nSPS) is 26.3. The van der Waals surface area contributed by atoms with Crippen LogP contribution < -0.4 is 10.5 Å². The summed E-state index contributed by atoms with van der Waals surface area (Å²) in [7, 11) is 1.59. The Morgan fingerprint density at radius 1 is 1.43 bits per heavy atom. The molecule has 1 aromatic rings. The third-order valence-electron chi connectivity index (χ3n) is 3.99. The number of esters is 1. The second-order valence-electron chi connectivity index (χ2n) is 5.49. The zero-order valence-electron chi connectivity index (χ0n) is 12.7. The van der Waals surface area contributed by atoms with Crippen molar-refractivity contribution < 1.29 is 19.1 Å². The van der Waals surface area contributed by atoms with E-state index in [2.05, 4.69) is 6.58 Å². The van der Waals surface area contributed by atoms with E-state index in [1.807, 2.05) is 12.1 Å². The number of fused-ring (bicyclic) bond motifs is 1. The number of β-lactam (4-membered cyclic amide) rings is 1. The van der Waals surface area contributed by atoms with E-state index >= 15 is 0 Å². The molecule has 0 radical (unpaired) electrons. The first kappa shape index (κ1) is 15.9. The molecule has 2 heterocycles. The van der Waals surface area contributed by atoms with E-state index in [1.165, 1.54) is 16.7 Å². The first-order valence-corrected chi connectivity index (χ1v) is 8.24. The fourth-order valence-electron chi connectivity index (χ4n) is 2.67. The molecule has 0 bridgehead atoms. The average Bonchev–Trinajstić information content (AvgIpc) is 2.59. The summed E-state index contributed by atoms with van der Waals surface area (Å²) in [6, 6.07) is 5.98. The van der Waals surface area contributed by atoms with Gasteiger partial charge >= 0.3 is 5.97 Å². The Balaban J connectivity index is 1.64. The number of methoxy groups -OCH3 is 1. The van der Waals surface area contributed by atoms with E-state index in [0.29, 0.717) is 11.3 Å². The molecule has 2 fully saturated rings. The Hall–Kier alpha value is -1.99. The van der Waals surface area contributed by atoms with Gasteiger partial charge < -0.3 is 20.1 Å². The predicted octanol–water partition coefficient (Wildman–Crippen LogP) is 0.906. The Bertz CT molecular complexity index is 646. The van der Waals surface area contributed by atoms with Crippen LogP contribution >= 0.6 is 11.8 Å². The summed E-state index contributed by atoms with van der Waals surface area (Å²) in [5.41, 5.74) is 7.29. The largest absolute Gasteiger partial charge is 0.497 e. The minimum atomic E-state index is -0.730. The highest BCUT2D eigenvalue weighted by atomic mass is 32.2. The number of carbonyl (C=O) groups is 2. The second-order valence-corrected chi connectivity index (χ2v) is 6.59. The van der Waals surface area contributed by atoms with E-state index < -0.39 is 18.1 Å². The molecule has 1 aromatic carbocycles. The van der Waals surface area contributed by atoms with E-state index in [-0.39, 0.29) is 17.9 Å². The number of thioether (sulfide) groups is 1. The number of amides is 1. The van der Waals surface area contributed by atoms with Crippen LogP contribution in [0.2, 0.25) is 0 Å². The third kappa shape index (κ3) is 2.82. The van der Waals surface area contributed by atoms with E-state index in [4.69, 9.17) is 15.2 Å². The van der Waals surface area contributed by atoms with E-state index in [9.17, 15) is 9.59 Å². The lowest BCUT2D eigenvalue weighted by molar-refractivity contribution is -0.162. The molecule has 1 unspecified atom stereocenters. The Kier molecular flexibility index (Phi) is 4.32. The van der Waals surface area contributed by atoms with Crippen LogP contribution in [0.3, 0.4) is 0 Å². The molecule has 7 heteroatoms. The average molecular weight is 334 g/mol. The highest BCUT2D eigenvalue weighted by molar-refractivity contribution is 8.00. The van der Waals surface area contributed by atoms with Gasteiger partial charge in [-0.2, -0.15) is 0 Å². The van der Waals surface area contributed by atoms with Crippen molar-refractivity contribution in [3.63, 3.8) is 0 Å². The van der Waals surface area contributed by atoms with Crippen molar-refractivity contribution in [1.82, 2.24) is 4.90 Å². The lowest BCUT2D eigenvalue weighted by Crippen LogP contribution is -2.73. The van der Waals surface area contributed by atoms with Gasteiger partial charge in [-0.1, -0.05) is 18.7 Å². The van der Waals surface area contributed by atoms with Gasteiger partial charge in [0, 0.05) is 5.75 Å². The summed E-state index contributed by atoms with van der Waals surface area (Å²) in [4.78, 5) is 25.8. The van der Waals surface area contributed by atoms with Crippen LogP contribution in [-0.4, -0.2) is 47.1 Å². The monoisotopic (exact) mass is 334 g/mol. The van der Waals surface area contributed by atoms with Crippen molar-refractivity contribution in [2.24, 2.45) is 5.73 Å². The van der Waals surface area contributed by atoms with Crippen molar-refractivity contribution in [3.8, 4) is 5.75 Å². The fourth-order valence-corrected chi connectivity index (χ4v) is 3.92. The van der Waals surface area contributed by atoms with Gasteiger partial charge in [0.1, 0.15) is 23.8 Å². The predicted molar refractivity (Wildman–Crippen MR) is 86.8 cm³/mol. The minimum absolute atomic E-state index is 0.137. The lowest BCUT2D eigenvalue weighted by Gasteiger charge is -2.51. The molecule has 6 nitrogen and oxygen atoms in total. The summed E-state index contributed by atoms with van der Waals surface area (Å²) in [6.45, 7) is 4.04. The van der Waals surface area contributed by atoms with Crippen LogP contribution in [0.5, 0.6) is 5.75 Å². The number of benzene rings is 1. The lowest BCUT2D eigenvalue weighted by atomic mass is 9.99. The van der Waals surface area contributed by atoms with Crippen LogP contribution in [0.1, 0.15) is 5.56 Å². The number of nitrogens with two attached hydrogens (primary N) is 1. The smallest absolute Gasteiger partial charge is 0.333 e. The maximum atomic E-state index is 12.4. The van der Waals surface area contributed by atoms with Gasteiger partial charge in [-0.15, -0.1) is 11.8 Å².